The van der Waals surface area contributed by atoms with E-state index >= 15 is 0 Å². The molecule has 0 aliphatic heterocycles. The van der Waals surface area contributed by atoms with E-state index in [1.165, 1.54) is 28.3 Å². The summed E-state index contributed by atoms with van der Waals surface area (Å²) in [5, 5.41) is 0. The summed E-state index contributed by atoms with van der Waals surface area (Å²) in [6.07, 6.45) is 0. The van der Waals surface area contributed by atoms with E-state index in [0.29, 0.717) is 16.7 Å². The monoisotopic (exact) mass is 448 g/mol. The quantitative estimate of drug-likeness (QED) is 0.352. The summed E-state index contributed by atoms with van der Waals surface area (Å²) in [5.41, 5.74) is 9.74. The van der Waals surface area contributed by atoms with Gasteiger partial charge in [0, 0.05) is 0 Å². The van der Waals surface area contributed by atoms with Crippen LogP contribution >= 0.6 is 0 Å². The van der Waals surface area contributed by atoms with Crippen LogP contribution in [0, 0.1) is 27.7 Å². The van der Waals surface area contributed by atoms with Crippen molar-refractivity contribution in [1.29, 1.82) is 0 Å². The van der Waals surface area contributed by atoms with Gasteiger partial charge in [0.2, 0.25) is 0 Å². The first-order valence-electron chi connectivity index (χ1n) is 10.5. The molecule has 0 spiro atoms. The second-order valence-corrected chi connectivity index (χ2v) is 9.71. The second kappa shape index (κ2) is 9.71. The van der Waals surface area contributed by atoms with E-state index in [1.54, 1.807) is 6.07 Å². The van der Waals surface area contributed by atoms with Crippen LogP contribution in [0.3, 0.4) is 0 Å². The fourth-order valence-corrected chi connectivity index (χ4v) is 4.72. The van der Waals surface area contributed by atoms with E-state index in [-0.39, 0.29) is 23.8 Å². The van der Waals surface area contributed by atoms with Gasteiger partial charge in [0.25, 0.3) is 0 Å². The number of rotatable bonds is 4. The number of hydrogen-bond acceptors (Lipinski definition) is 3. The summed E-state index contributed by atoms with van der Waals surface area (Å²) < 4.78 is 36.2. The fraction of sp³-hybridized carbons (Fsp3) is 0.143. The number of benzene rings is 4. The van der Waals surface area contributed by atoms with Crippen molar-refractivity contribution in [1.82, 2.24) is 0 Å². The Balaban J connectivity index is 0.00000306. The van der Waals surface area contributed by atoms with Crippen LogP contribution < -0.4 is 18.9 Å². The molecule has 0 N–H and O–H groups in total. The molecule has 0 saturated heterocycles. The molecule has 0 bridgehead atoms. The van der Waals surface area contributed by atoms with Gasteiger partial charge in [-0.15, -0.1) is 0 Å². The first-order chi connectivity index (χ1) is 15.1. The van der Waals surface area contributed by atoms with Gasteiger partial charge in [0.05, 0.1) is 4.90 Å². The average Bonchev–Trinajstić information content (AvgIpc) is 2.76. The molecular weight excluding hydrogens is 423 g/mol. The maximum Gasteiger partial charge on any atom is 1.00 e. The van der Waals surface area contributed by atoms with Gasteiger partial charge in [-0.3, -0.25) is 0 Å². The standard InChI is InChI=1S/C28H26O3S.Li/c1-18-5-7-23(8-6-18)26-14-13-25(17-28(26)32(29,30)31)22-9-11-24(12-10-22)27-16-20(3)19(2)15-21(27)4;/h5-17H,1-4H3,(H,29,30,31);/q;+1/p-1. The third-order valence-electron chi connectivity index (χ3n) is 5.98. The summed E-state index contributed by atoms with van der Waals surface area (Å²) in [5.74, 6) is 0. The molecule has 4 aromatic carbocycles. The third kappa shape index (κ3) is 5.32. The molecule has 0 aliphatic rings. The Morgan fingerprint density at radius 1 is 0.545 bits per heavy atom. The Labute approximate surface area is 208 Å². The van der Waals surface area contributed by atoms with Gasteiger partial charge in [-0.05, 0) is 83.8 Å². The van der Waals surface area contributed by atoms with Gasteiger partial charge in [-0.1, -0.05) is 78.4 Å². The molecule has 5 heteroatoms. The summed E-state index contributed by atoms with van der Waals surface area (Å²) in [4.78, 5) is -0.201. The van der Waals surface area contributed by atoms with Crippen LogP contribution in [0.2, 0.25) is 0 Å². The number of hydrogen-bond donors (Lipinski definition) is 0. The van der Waals surface area contributed by atoms with E-state index in [0.717, 1.165) is 16.7 Å². The van der Waals surface area contributed by atoms with Gasteiger partial charge in [-0.25, -0.2) is 8.42 Å². The summed E-state index contributed by atoms with van der Waals surface area (Å²) >= 11 is 0. The molecular formula is C28H25LiO3S. The second-order valence-electron chi connectivity index (χ2n) is 8.36. The maximum atomic E-state index is 12.1. The van der Waals surface area contributed by atoms with Gasteiger partial charge in [0.15, 0.2) is 0 Å². The van der Waals surface area contributed by atoms with Crippen LogP contribution in [0.1, 0.15) is 22.3 Å². The molecule has 0 aliphatic carbocycles. The van der Waals surface area contributed by atoms with Gasteiger partial charge < -0.3 is 4.55 Å². The zero-order valence-corrected chi connectivity index (χ0v) is 20.5. The Kier molecular flexibility index (Phi) is 7.36. The van der Waals surface area contributed by atoms with Crippen molar-refractivity contribution in [2.24, 2.45) is 0 Å². The smallest absolute Gasteiger partial charge is 0.744 e. The van der Waals surface area contributed by atoms with Crippen LogP contribution in [0.5, 0.6) is 0 Å². The van der Waals surface area contributed by atoms with Crippen molar-refractivity contribution in [3.63, 3.8) is 0 Å². The van der Waals surface area contributed by atoms with Crippen molar-refractivity contribution in [2.45, 2.75) is 32.6 Å². The van der Waals surface area contributed by atoms with Gasteiger partial charge >= 0.3 is 18.9 Å². The third-order valence-corrected chi connectivity index (χ3v) is 6.86. The molecule has 0 aromatic heterocycles. The van der Waals surface area contributed by atoms with Crippen molar-refractivity contribution in [2.75, 3.05) is 0 Å². The SMILES string of the molecule is Cc1ccc(-c2ccc(-c3ccc(-c4cc(C)c(C)cc4C)cc3)cc2S(=O)(=O)[O-])cc1.[Li+]. The van der Waals surface area contributed by atoms with Crippen LogP contribution in [0.4, 0.5) is 0 Å². The zero-order chi connectivity index (χ0) is 23.0. The van der Waals surface area contributed by atoms with E-state index in [2.05, 4.69) is 32.9 Å². The van der Waals surface area contributed by atoms with Crippen LogP contribution in [-0.4, -0.2) is 13.0 Å². The molecule has 0 fully saturated rings. The zero-order valence-electron chi connectivity index (χ0n) is 19.6. The molecule has 0 atom stereocenters. The summed E-state index contributed by atoms with van der Waals surface area (Å²) in [6.45, 7) is 8.27. The first-order valence-corrected chi connectivity index (χ1v) is 11.9. The van der Waals surface area contributed by atoms with E-state index in [1.807, 2.05) is 61.5 Å². The Morgan fingerprint density at radius 2 is 1.03 bits per heavy atom. The molecule has 3 nitrogen and oxygen atoms in total. The summed E-state index contributed by atoms with van der Waals surface area (Å²) in [6, 6.07) is 24.9. The Bertz CT molecular complexity index is 1410. The minimum atomic E-state index is -4.64. The molecule has 0 unspecified atom stereocenters. The fourth-order valence-electron chi connectivity index (χ4n) is 3.99. The van der Waals surface area contributed by atoms with Crippen LogP contribution in [-0.2, 0) is 10.1 Å². The molecule has 33 heavy (non-hydrogen) atoms. The maximum absolute atomic E-state index is 12.1. The van der Waals surface area contributed by atoms with Crippen molar-refractivity contribution in [3.05, 3.63) is 101 Å². The normalized spacial score (nSPS) is 11.2. The molecule has 4 rings (SSSR count). The van der Waals surface area contributed by atoms with E-state index in [4.69, 9.17) is 0 Å². The van der Waals surface area contributed by atoms with E-state index in [9.17, 15) is 13.0 Å². The van der Waals surface area contributed by atoms with Crippen LogP contribution in [0.15, 0.2) is 83.8 Å². The van der Waals surface area contributed by atoms with E-state index < -0.39 is 10.1 Å². The molecule has 0 amide bonds. The van der Waals surface area contributed by atoms with Crippen molar-refractivity contribution in [3.8, 4) is 33.4 Å². The minimum absolute atomic E-state index is 0. The first kappa shape index (κ1) is 25.0. The molecule has 0 radical (unpaired) electrons. The topological polar surface area (TPSA) is 57.2 Å². The van der Waals surface area contributed by atoms with Gasteiger partial charge in [0.1, 0.15) is 10.1 Å². The molecule has 4 aromatic rings. The number of aryl methyl sites for hydroxylation is 4. The largest absolute Gasteiger partial charge is 1.00 e. The predicted molar refractivity (Wildman–Crippen MR) is 130 cm³/mol. The molecule has 0 saturated carbocycles. The Morgan fingerprint density at radius 3 is 1.64 bits per heavy atom. The minimum Gasteiger partial charge on any atom is -0.744 e. The van der Waals surface area contributed by atoms with Crippen LogP contribution in [0.25, 0.3) is 33.4 Å². The Hall–Kier alpha value is -2.61. The van der Waals surface area contributed by atoms with Gasteiger partial charge in [-0.2, -0.15) is 0 Å². The molecule has 0 heterocycles. The van der Waals surface area contributed by atoms with Crippen molar-refractivity contribution < 1.29 is 31.8 Å². The average molecular weight is 449 g/mol. The summed E-state index contributed by atoms with van der Waals surface area (Å²) in [7, 11) is -4.64. The molecule has 162 valence electrons. The predicted octanol–water partition coefficient (Wildman–Crippen LogP) is 3.83. The van der Waals surface area contributed by atoms with Crippen molar-refractivity contribution >= 4 is 10.1 Å².